The Bertz CT molecular complexity index is 1820. The van der Waals surface area contributed by atoms with Crippen molar-refractivity contribution in [2.45, 2.75) is 76.8 Å². The van der Waals surface area contributed by atoms with Gasteiger partial charge in [0.05, 0.1) is 23.4 Å². The monoisotopic (exact) mass is 600 g/mol. The number of aromatic nitrogens is 5. The van der Waals surface area contributed by atoms with Crippen LogP contribution in [0.5, 0.6) is 11.5 Å². The van der Waals surface area contributed by atoms with Crippen molar-refractivity contribution in [2.75, 3.05) is 13.1 Å². The first-order valence-electron chi connectivity index (χ1n) is 16.3. The first-order valence-corrected chi connectivity index (χ1v) is 16.3. The molecule has 0 amide bonds. The fourth-order valence-corrected chi connectivity index (χ4v) is 6.73. The van der Waals surface area contributed by atoms with E-state index in [2.05, 4.69) is 35.0 Å². The smallest absolute Gasteiger partial charge is 0.250 e. The van der Waals surface area contributed by atoms with Gasteiger partial charge in [-0.3, -0.25) is 4.79 Å². The van der Waals surface area contributed by atoms with Crippen LogP contribution in [0.15, 0.2) is 83.9 Å². The molecular weight excluding hydrogens is 560 g/mol. The summed E-state index contributed by atoms with van der Waals surface area (Å²) in [5.41, 5.74) is 4.44. The first-order chi connectivity index (χ1) is 22.0. The number of benzene rings is 2. The molecule has 2 aromatic carbocycles. The molecule has 2 aliphatic rings. The van der Waals surface area contributed by atoms with Gasteiger partial charge in [-0.2, -0.15) is 10.2 Å². The van der Waals surface area contributed by atoms with Crippen molar-refractivity contribution in [1.29, 1.82) is 0 Å². The van der Waals surface area contributed by atoms with E-state index in [1.54, 1.807) is 22.9 Å². The maximum atomic E-state index is 12.6. The van der Waals surface area contributed by atoms with Crippen molar-refractivity contribution < 1.29 is 4.74 Å². The van der Waals surface area contributed by atoms with Gasteiger partial charge in [0.1, 0.15) is 17.3 Å². The van der Waals surface area contributed by atoms with Crippen LogP contribution in [0, 0.1) is 0 Å². The third-order valence-electron chi connectivity index (χ3n) is 9.41. The van der Waals surface area contributed by atoms with Gasteiger partial charge >= 0.3 is 0 Å². The lowest BCUT2D eigenvalue weighted by molar-refractivity contribution is 0.152. The second-order valence-corrected chi connectivity index (χ2v) is 12.8. The van der Waals surface area contributed by atoms with Crippen LogP contribution in [-0.2, 0) is 6.54 Å². The van der Waals surface area contributed by atoms with Crippen molar-refractivity contribution in [3.63, 3.8) is 0 Å². The Kier molecular flexibility index (Phi) is 8.39. The number of hydrogen-bond acceptors (Lipinski definition) is 7. The number of nitrogens with zero attached hydrogens (tertiary/aromatic N) is 6. The highest BCUT2D eigenvalue weighted by molar-refractivity contribution is 5.81. The first kappa shape index (κ1) is 29.3. The highest BCUT2D eigenvalue weighted by Gasteiger charge is 2.29. The van der Waals surface area contributed by atoms with Gasteiger partial charge < -0.3 is 14.2 Å². The van der Waals surface area contributed by atoms with E-state index in [0.29, 0.717) is 29.9 Å². The minimum atomic E-state index is -0.0620. The summed E-state index contributed by atoms with van der Waals surface area (Å²) in [5.74, 6) is 2.98. The molecule has 8 heteroatoms. The van der Waals surface area contributed by atoms with E-state index in [1.165, 1.54) is 25.7 Å². The van der Waals surface area contributed by atoms with Crippen LogP contribution in [0.25, 0.3) is 22.2 Å². The molecule has 0 atom stereocenters. The fourth-order valence-electron chi connectivity index (χ4n) is 6.73. The molecule has 2 fully saturated rings. The number of hydrogen-bond donors (Lipinski definition) is 0. The van der Waals surface area contributed by atoms with Crippen molar-refractivity contribution >= 4 is 10.9 Å². The van der Waals surface area contributed by atoms with Crippen molar-refractivity contribution in [3.8, 4) is 22.8 Å². The Morgan fingerprint density at radius 1 is 0.911 bits per heavy atom. The summed E-state index contributed by atoms with van der Waals surface area (Å²) in [6.07, 6.45) is 11.4. The predicted octanol–water partition coefficient (Wildman–Crippen LogP) is 7.33. The molecule has 1 aliphatic carbocycles. The van der Waals surface area contributed by atoms with Crippen LogP contribution < -0.4 is 10.3 Å². The molecular formula is C37H40N6O2. The summed E-state index contributed by atoms with van der Waals surface area (Å²) in [7, 11) is 0. The van der Waals surface area contributed by atoms with Crippen molar-refractivity contribution in [1.82, 2.24) is 29.6 Å². The van der Waals surface area contributed by atoms with Crippen molar-refractivity contribution in [2.24, 2.45) is 0 Å². The average molecular weight is 601 g/mol. The average Bonchev–Trinajstić information content (AvgIpc) is 3.62. The van der Waals surface area contributed by atoms with Crippen LogP contribution in [0.3, 0.4) is 0 Å². The topological polar surface area (TPSA) is 86.0 Å². The maximum absolute atomic E-state index is 12.6. The zero-order valence-corrected chi connectivity index (χ0v) is 26.1. The summed E-state index contributed by atoms with van der Waals surface area (Å²) in [6, 6.07) is 21.9. The van der Waals surface area contributed by atoms with Crippen LogP contribution >= 0.6 is 0 Å². The minimum absolute atomic E-state index is 0.0620. The number of pyridine rings is 1. The summed E-state index contributed by atoms with van der Waals surface area (Å²) in [5, 5.41) is 9.73. The van der Waals surface area contributed by atoms with E-state index < -0.39 is 0 Å². The van der Waals surface area contributed by atoms with Crippen LogP contribution in [0.1, 0.15) is 81.3 Å². The summed E-state index contributed by atoms with van der Waals surface area (Å²) in [4.78, 5) is 25.2. The molecule has 4 heterocycles. The molecule has 1 aliphatic heterocycles. The second-order valence-electron chi connectivity index (χ2n) is 12.8. The molecule has 0 spiro atoms. The molecule has 8 nitrogen and oxygen atoms in total. The lowest BCUT2D eigenvalue weighted by atomic mass is 9.94. The third kappa shape index (κ3) is 6.52. The molecule has 7 rings (SSSR count). The molecule has 45 heavy (non-hydrogen) atoms. The predicted molar refractivity (Wildman–Crippen MR) is 177 cm³/mol. The maximum Gasteiger partial charge on any atom is 0.250 e. The Morgan fingerprint density at radius 3 is 2.42 bits per heavy atom. The molecule has 230 valence electrons. The van der Waals surface area contributed by atoms with E-state index in [1.807, 2.05) is 54.7 Å². The quantitative estimate of drug-likeness (QED) is 0.184. The van der Waals surface area contributed by atoms with Gasteiger partial charge in [-0.1, -0.05) is 32.8 Å². The highest BCUT2D eigenvalue weighted by Crippen LogP contribution is 2.34. The standard InChI is InChI=1S/C37H40N6O2/c1-25(2)32-14-15-33(41-40-32)26-10-12-31(13-11-26)45-35-22-34-28(21-29(35)24-43-18-6-5-9-36(43)44)23-38-37(39-34)27-16-19-42(20-17-27)30-7-3-4-8-30/h5-6,9-15,18,21-23,25,27,30H,3-4,7-8,16-17,19-20,24H2,1-2H3. The normalized spacial score (nSPS) is 16.5. The van der Waals surface area contributed by atoms with Gasteiger partial charge in [-0.25, -0.2) is 9.97 Å². The van der Waals surface area contributed by atoms with E-state index in [4.69, 9.17) is 14.7 Å². The SMILES string of the molecule is CC(C)c1ccc(-c2ccc(Oc3cc4nc(C5CCN(C6CCCC6)CC5)ncc4cc3Cn3ccccc3=O)cc2)nn1. The Morgan fingerprint density at radius 2 is 1.71 bits per heavy atom. The van der Waals surface area contributed by atoms with E-state index in [-0.39, 0.29) is 5.56 Å². The number of likely N-dealkylation sites (tertiary alicyclic amines) is 1. The van der Waals surface area contributed by atoms with Gasteiger partial charge in [0, 0.05) is 53.0 Å². The van der Waals surface area contributed by atoms with Crippen LogP contribution in [-0.4, -0.2) is 48.8 Å². The minimum Gasteiger partial charge on any atom is -0.457 e. The van der Waals surface area contributed by atoms with E-state index >= 15 is 0 Å². The zero-order chi connectivity index (χ0) is 30.8. The number of piperidine rings is 1. The number of ether oxygens (including phenoxy) is 1. The number of fused-ring (bicyclic) bond motifs is 1. The molecule has 0 radical (unpaired) electrons. The van der Waals surface area contributed by atoms with E-state index in [0.717, 1.165) is 71.2 Å². The molecule has 5 aromatic rings. The molecule has 1 saturated carbocycles. The van der Waals surface area contributed by atoms with Crippen LogP contribution in [0.2, 0.25) is 0 Å². The van der Waals surface area contributed by atoms with Gasteiger partial charge in [0.15, 0.2) is 0 Å². The zero-order valence-electron chi connectivity index (χ0n) is 26.1. The van der Waals surface area contributed by atoms with Gasteiger partial charge in [0.25, 0.3) is 5.56 Å². The third-order valence-corrected chi connectivity index (χ3v) is 9.41. The Labute approximate surface area is 264 Å². The fraction of sp³-hybridized carbons (Fsp3) is 0.378. The van der Waals surface area contributed by atoms with Gasteiger partial charge in [0.2, 0.25) is 0 Å². The Balaban J connectivity index is 1.16. The molecule has 1 saturated heterocycles. The second kappa shape index (κ2) is 12.9. The Hall–Kier alpha value is -4.43. The molecule has 3 aromatic heterocycles. The summed E-state index contributed by atoms with van der Waals surface area (Å²) < 4.78 is 8.19. The molecule has 0 bridgehead atoms. The van der Waals surface area contributed by atoms with Crippen molar-refractivity contribution in [3.05, 3.63) is 107 Å². The highest BCUT2D eigenvalue weighted by atomic mass is 16.5. The largest absolute Gasteiger partial charge is 0.457 e. The number of rotatable bonds is 8. The summed E-state index contributed by atoms with van der Waals surface area (Å²) in [6.45, 7) is 6.84. The lowest BCUT2D eigenvalue weighted by Crippen LogP contribution is -2.39. The van der Waals surface area contributed by atoms with Gasteiger partial charge in [-0.15, -0.1) is 0 Å². The van der Waals surface area contributed by atoms with Gasteiger partial charge in [-0.05, 0) is 93.2 Å². The lowest BCUT2D eigenvalue weighted by Gasteiger charge is -2.35. The molecule has 0 N–H and O–H groups in total. The van der Waals surface area contributed by atoms with Crippen LogP contribution in [0.4, 0.5) is 0 Å². The summed E-state index contributed by atoms with van der Waals surface area (Å²) >= 11 is 0. The molecule has 0 unspecified atom stereocenters. The van der Waals surface area contributed by atoms with E-state index in [9.17, 15) is 4.79 Å².